The maximum Gasteiger partial charge on any atom is 0.122 e. The number of rotatable bonds is 8. The molecule has 100 valence electrons. The third-order valence-corrected chi connectivity index (χ3v) is 2.59. The van der Waals surface area contributed by atoms with Gasteiger partial charge < -0.3 is 15.6 Å². The number of aliphatic hydroxyl groups excluding tert-OH is 1. The first-order chi connectivity index (χ1) is 8.63. The smallest absolute Gasteiger partial charge is 0.122 e. The summed E-state index contributed by atoms with van der Waals surface area (Å²) in [6, 6.07) is 3.83. The van der Waals surface area contributed by atoms with E-state index < -0.39 is 0 Å². The highest BCUT2D eigenvalue weighted by Gasteiger charge is 2.03. The molecule has 18 heavy (non-hydrogen) atoms. The maximum absolute atomic E-state index is 8.58. The topological polar surface area (TPSA) is 71.6 Å². The van der Waals surface area contributed by atoms with Gasteiger partial charge in [0.15, 0.2) is 0 Å². The zero-order chi connectivity index (χ0) is 13.4. The van der Waals surface area contributed by atoms with Gasteiger partial charge in [-0.1, -0.05) is 12.2 Å². The number of thiocarbonyl (C=S) groups is 1. The van der Waals surface area contributed by atoms with Crippen LogP contribution in [0.1, 0.15) is 11.3 Å². The van der Waals surface area contributed by atoms with Gasteiger partial charge in [-0.2, -0.15) is 0 Å². The van der Waals surface area contributed by atoms with Gasteiger partial charge in [0.2, 0.25) is 0 Å². The Labute approximate surface area is 113 Å². The van der Waals surface area contributed by atoms with E-state index in [0.717, 1.165) is 18.7 Å². The average molecular weight is 269 g/mol. The molecule has 1 aromatic rings. The number of hydrogen-bond donors (Lipinski definition) is 2. The third kappa shape index (κ3) is 5.50. The van der Waals surface area contributed by atoms with E-state index in [9.17, 15) is 0 Å². The Bertz CT molecular complexity index is 387. The van der Waals surface area contributed by atoms with E-state index in [1.807, 2.05) is 19.2 Å². The number of aromatic nitrogens is 1. The first kappa shape index (κ1) is 15.0. The molecule has 0 saturated carbocycles. The molecule has 0 saturated heterocycles. The zero-order valence-corrected chi connectivity index (χ0v) is 11.3. The summed E-state index contributed by atoms with van der Waals surface area (Å²) in [5.41, 5.74) is 7.29. The third-order valence-electron chi connectivity index (χ3n) is 2.38. The fraction of sp³-hybridized carbons (Fsp3) is 0.500. The highest BCUT2D eigenvalue weighted by molar-refractivity contribution is 7.80. The number of hydrogen-bond acceptors (Lipinski definition) is 5. The molecular weight excluding hydrogens is 250 g/mol. The van der Waals surface area contributed by atoms with Gasteiger partial charge in [-0.25, -0.2) is 0 Å². The van der Waals surface area contributed by atoms with E-state index in [1.165, 1.54) is 0 Å². The molecule has 0 radical (unpaired) electrons. The summed E-state index contributed by atoms with van der Waals surface area (Å²) in [5.74, 6) is 0. The summed E-state index contributed by atoms with van der Waals surface area (Å²) in [4.78, 5) is 6.53. The van der Waals surface area contributed by atoms with Crippen LogP contribution in [0.2, 0.25) is 0 Å². The molecule has 0 fully saturated rings. The maximum atomic E-state index is 8.58. The van der Waals surface area contributed by atoms with Crippen molar-refractivity contribution in [3.63, 3.8) is 0 Å². The van der Waals surface area contributed by atoms with Crippen molar-refractivity contribution in [2.75, 3.05) is 33.4 Å². The van der Waals surface area contributed by atoms with Crippen molar-refractivity contribution in [1.29, 1.82) is 0 Å². The number of pyridine rings is 1. The van der Waals surface area contributed by atoms with Crippen LogP contribution in [-0.2, 0) is 11.3 Å². The van der Waals surface area contributed by atoms with Gasteiger partial charge in [0, 0.05) is 19.3 Å². The molecule has 0 spiro atoms. The summed E-state index contributed by atoms with van der Waals surface area (Å²) in [5, 5.41) is 8.58. The molecule has 0 amide bonds. The van der Waals surface area contributed by atoms with Gasteiger partial charge in [0.1, 0.15) is 4.99 Å². The minimum atomic E-state index is 0.0609. The minimum Gasteiger partial charge on any atom is -0.394 e. The van der Waals surface area contributed by atoms with E-state index >= 15 is 0 Å². The second kappa shape index (κ2) is 8.10. The summed E-state index contributed by atoms with van der Waals surface area (Å²) >= 11 is 4.89. The first-order valence-electron chi connectivity index (χ1n) is 5.75. The SMILES string of the molecule is CN(CCOCCO)Cc1ccnc(C(N)=S)c1. The van der Waals surface area contributed by atoms with Crippen molar-refractivity contribution in [1.82, 2.24) is 9.88 Å². The Morgan fingerprint density at radius 3 is 3.00 bits per heavy atom. The van der Waals surface area contributed by atoms with E-state index in [0.29, 0.717) is 23.9 Å². The quantitative estimate of drug-likeness (QED) is 0.517. The second-order valence-corrected chi connectivity index (χ2v) is 4.43. The van der Waals surface area contributed by atoms with E-state index in [-0.39, 0.29) is 6.61 Å². The second-order valence-electron chi connectivity index (χ2n) is 3.99. The lowest BCUT2D eigenvalue weighted by atomic mass is 10.2. The van der Waals surface area contributed by atoms with E-state index in [2.05, 4.69) is 9.88 Å². The number of nitrogens with two attached hydrogens (primary N) is 1. The standard InChI is InChI=1S/C12H19N3O2S/c1-15(4-6-17-7-5-16)9-10-2-3-14-11(8-10)12(13)18/h2-3,8,16H,4-7,9H2,1H3,(H2,13,18). The molecule has 5 nitrogen and oxygen atoms in total. The van der Waals surface area contributed by atoms with Crippen LogP contribution in [0.15, 0.2) is 18.3 Å². The summed E-state index contributed by atoms with van der Waals surface area (Å²) in [6.07, 6.45) is 1.71. The average Bonchev–Trinajstić information content (AvgIpc) is 2.35. The molecule has 0 aliphatic heterocycles. The van der Waals surface area contributed by atoms with Gasteiger partial charge in [0.05, 0.1) is 25.5 Å². The Hall–Kier alpha value is -1.08. The number of likely N-dealkylation sites (N-methyl/N-ethyl adjacent to an activating group) is 1. The van der Waals surface area contributed by atoms with Crippen molar-refractivity contribution in [2.45, 2.75) is 6.54 Å². The van der Waals surface area contributed by atoms with Crippen molar-refractivity contribution >= 4 is 17.2 Å². The van der Waals surface area contributed by atoms with Crippen molar-refractivity contribution < 1.29 is 9.84 Å². The van der Waals surface area contributed by atoms with Crippen molar-refractivity contribution in [3.05, 3.63) is 29.6 Å². The Balaban J connectivity index is 2.41. The molecule has 6 heteroatoms. The fourth-order valence-electron chi connectivity index (χ4n) is 1.49. The molecule has 0 aromatic carbocycles. The lowest BCUT2D eigenvalue weighted by Gasteiger charge is -2.16. The van der Waals surface area contributed by atoms with Crippen molar-refractivity contribution in [2.24, 2.45) is 5.73 Å². The molecule has 1 heterocycles. The molecule has 0 aliphatic carbocycles. The zero-order valence-electron chi connectivity index (χ0n) is 10.5. The van der Waals surface area contributed by atoms with Crippen LogP contribution >= 0.6 is 12.2 Å². The predicted molar refractivity (Wildman–Crippen MR) is 74.4 cm³/mol. The van der Waals surface area contributed by atoms with Gasteiger partial charge in [0.25, 0.3) is 0 Å². The van der Waals surface area contributed by atoms with Crippen LogP contribution in [0, 0.1) is 0 Å². The predicted octanol–water partition coefficient (Wildman–Crippen LogP) is 0.156. The monoisotopic (exact) mass is 269 g/mol. The molecule has 0 unspecified atom stereocenters. The van der Waals surface area contributed by atoms with Gasteiger partial charge in [-0.3, -0.25) is 9.88 Å². The van der Waals surface area contributed by atoms with E-state index in [1.54, 1.807) is 6.20 Å². The van der Waals surface area contributed by atoms with Crippen LogP contribution in [0.3, 0.4) is 0 Å². The van der Waals surface area contributed by atoms with Crippen LogP contribution in [0.4, 0.5) is 0 Å². The van der Waals surface area contributed by atoms with E-state index in [4.69, 9.17) is 27.8 Å². The molecule has 1 rings (SSSR count). The highest BCUT2D eigenvalue weighted by Crippen LogP contribution is 2.05. The largest absolute Gasteiger partial charge is 0.394 e. The molecule has 0 aliphatic rings. The summed E-state index contributed by atoms with van der Waals surface area (Å²) in [7, 11) is 2.00. The Morgan fingerprint density at radius 2 is 2.33 bits per heavy atom. The Morgan fingerprint density at radius 1 is 1.56 bits per heavy atom. The Kier molecular flexibility index (Phi) is 6.74. The lowest BCUT2D eigenvalue weighted by Crippen LogP contribution is -2.23. The van der Waals surface area contributed by atoms with Crippen LogP contribution in [-0.4, -0.2) is 53.4 Å². The molecule has 1 aromatic heterocycles. The first-order valence-corrected chi connectivity index (χ1v) is 6.16. The summed E-state index contributed by atoms with van der Waals surface area (Å²) < 4.78 is 5.21. The van der Waals surface area contributed by atoms with Gasteiger partial charge >= 0.3 is 0 Å². The highest BCUT2D eigenvalue weighted by atomic mass is 32.1. The van der Waals surface area contributed by atoms with Crippen LogP contribution in [0.5, 0.6) is 0 Å². The lowest BCUT2D eigenvalue weighted by molar-refractivity contribution is 0.0773. The minimum absolute atomic E-state index is 0.0609. The van der Waals surface area contributed by atoms with Gasteiger partial charge in [-0.15, -0.1) is 0 Å². The fourth-order valence-corrected chi connectivity index (χ4v) is 1.60. The van der Waals surface area contributed by atoms with Gasteiger partial charge in [-0.05, 0) is 24.7 Å². The van der Waals surface area contributed by atoms with Crippen LogP contribution in [0.25, 0.3) is 0 Å². The molecule has 0 atom stereocenters. The van der Waals surface area contributed by atoms with Crippen LogP contribution < -0.4 is 5.73 Å². The normalized spacial score (nSPS) is 10.8. The molecule has 0 bridgehead atoms. The molecule has 3 N–H and O–H groups in total. The number of aliphatic hydroxyl groups is 1. The number of nitrogens with zero attached hydrogens (tertiary/aromatic N) is 2. The molecular formula is C12H19N3O2S. The van der Waals surface area contributed by atoms with Crippen molar-refractivity contribution in [3.8, 4) is 0 Å². The number of ether oxygens (including phenoxy) is 1. The summed E-state index contributed by atoms with van der Waals surface area (Å²) in [6.45, 7) is 2.62.